The van der Waals surface area contributed by atoms with Gasteiger partial charge in [0.05, 0.1) is 6.04 Å². The summed E-state index contributed by atoms with van der Waals surface area (Å²) in [4.78, 5) is 34.5. The summed E-state index contributed by atoms with van der Waals surface area (Å²) in [6, 6.07) is 1.60. The second-order valence-electron chi connectivity index (χ2n) is 7.16. The van der Waals surface area contributed by atoms with Gasteiger partial charge >= 0.3 is 0 Å². The fourth-order valence-corrected chi connectivity index (χ4v) is 2.79. The second kappa shape index (κ2) is 5.64. The normalized spacial score (nSPS) is 18.7. The van der Waals surface area contributed by atoms with Gasteiger partial charge in [-0.05, 0) is 11.5 Å². The monoisotopic (exact) mass is 315 g/mol. The Morgan fingerprint density at radius 3 is 2.91 bits per heavy atom. The zero-order valence-corrected chi connectivity index (χ0v) is 13.6. The van der Waals surface area contributed by atoms with Gasteiger partial charge in [-0.25, -0.2) is 9.97 Å². The van der Waals surface area contributed by atoms with E-state index in [-0.39, 0.29) is 23.3 Å². The Labute approximate surface area is 134 Å². The standard InChI is InChI=1S/C16H21N5O2/c1-16(2,3)10-21-8-11(7-13(21)22)18-14(23)12-9-20-6-4-5-17-15(20)19-12/h4-6,9,11H,7-8,10H2,1-3H3,(H,18,23)/t11-/m1/s1. The maximum absolute atomic E-state index is 12.3. The second-order valence-corrected chi connectivity index (χ2v) is 7.16. The van der Waals surface area contributed by atoms with Crippen molar-refractivity contribution in [3.05, 3.63) is 30.4 Å². The first-order chi connectivity index (χ1) is 10.8. The molecule has 1 aliphatic heterocycles. The molecular weight excluding hydrogens is 294 g/mol. The van der Waals surface area contributed by atoms with E-state index in [1.165, 1.54) is 0 Å². The Bertz CT molecular complexity index is 713. The molecule has 3 heterocycles. The lowest BCUT2D eigenvalue weighted by molar-refractivity contribution is -0.128. The zero-order chi connectivity index (χ0) is 16.6. The third-order valence-electron chi connectivity index (χ3n) is 3.68. The number of nitrogens with zero attached hydrogens (tertiary/aromatic N) is 4. The molecule has 1 atom stereocenters. The van der Waals surface area contributed by atoms with Gasteiger partial charge < -0.3 is 10.2 Å². The SMILES string of the molecule is CC(C)(C)CN1C[C@H](NC(=O)c2cn3cccnc3n2)CC1=O. The van der Waals surface area contributed by atoms with Crippen molar-refractivity contribution in [3.8, 4) is 0 Å². The maximum atomic E-state index is 12.3. The van der Waals surface area contributed by atoms with Crippen molar-refractivity contribution in [1.29, 1.82) is 0 Å². The third-order valence-corrected chi connectivity index (χ3v) is 3.68. The minimum Gasteiger partial charge on any atom is -0.346 e. The highest BCUT2D eigenvalue weighted by molar-refractivity contribution is 5.93. The van der Waals surface area contributed by atoms with Crippen molar-refractivity contribution in [2.75, 3.05) is 13.1 Å². The van der Waals surface area contributed by atoms with Crippen LogP contribution in [0.5, 0.6) is 0 Å². The summed E-state index contributed by atoms with van der Waals surface area (Å²) in [5, 5.41) is 2.90. The van der Waals surface area contributed by atoms with Crippen molar-refractivity contribution in [3.63, 3.8) is 0 Å². The number of hydrogen-bond acceptors (Lipinski definition) is 4. The van der Waals surface area contributed by atoms with Crippen LogP contribution >= 0.6 is 0 Å². The molecule has 1 aliphatic rings. The molecule has 0 radical (unpaired) electrons. The summed E-state index contributed by atoms with van der Waals surface area (Å²) < 4.78 is 1.70. The van der Waals surface area contributed by atoms with E-state index in [0.29, 0.717) is 31.0 Å². The zero-order valence-electron chi connectivity index (χ0n) is 13.6. The van der Waals surface area contributed by atoms with Gasteiger partial charge in [0.2, 0.25) is 11.7 Å². The molecule has 0 saturated carbocycles. The van der Waals surface area contributed by atoms with E-state index in [9.17, 15) is 9.59 Å². The molecule has 1 saturated heterocycles. The summed E-state index contributed by atoms with van der Waals surface area (Å²) in [7, 11) is 0. The van der Waals surface area contributed by atoms with Crippen LogP contribution in [0.4, 0.5) is 0 Å². The maximum Gasteiger partial charge on any atom is 0.271 e. The van der Waals surface area contributed by atoms with E-state index in [1.807, 2.05) is 4.90 Å². The molecule has 0 spiro atoms. The van der Waals surface area contributed by atoms with Crippen LogP contribution in [0.1, 0.15) is 37.7 Å². The molecule has 0 aromatic carbocycles. The highest BCUT2D eigenvalue weighted by Gasteiger charge is 2.33. The van der Waals surface area contributed by atoms with Crippen LogP contribution < -0.4 is 5.32 Å². The molecule has 2 aromatic heterocycles. The molecule has 23 heavy (non-hydrogen) atoms. The number of likely N-dealkylation sites (tertiary alicyclic amines) is 1. The first-order valence-corrected chi connectivity index (χ1v) is 7.70. The van der Waals surface area contributed by atoms with Crippen LogP contribution in [0.3, 0.4) is 0 Å². The predicted molar refractivity (Wildman–Crippen MR) is 84.9 cm³/mol. The Hall–Kier alpha value is -2.44. The van der Waals surface area contributed by atoms with Gasteiger partial charge in [-0.1, -0.05) is 20.8 Å². The highest BCUT2D eigenvalue weighted by atomic mass is 16.2. The van der Waals surface area contributed by atoms with Crippen molar-refractivity contribution >= 4 is 17.6 Å². The molecule has 2 amide bonds. The molecular formula is C16H21N5O2. The van der Waals surface area contributed by atoms with E-state index in [1.54, 1.807) is 29.1 Å². The van der Waals surface area contributed by atoms with Gasteiger partial charge in [0.25, 0.3) is 5.91 Å². The van der Waals surface area contributed by atoms with Gasteiger partial charge in [-0.2, -0.15) is 0 Å². The first kappa shape index (κ1) is 15.5. The number of carbonyl (C=O) groups excluding carboxylic acids is 2. The summed E-state index contributed by atoms with van der Waals surface area (Å²) in [5.41, 5.74) is 0.354. The topological polar surface area (TPSA) is 79.6 Å². The van der Waals surface area contributed by atoms with Crippen LogP contribution in [0.2, 0.25) is 0 Å². The van der Waals surface area contributed by atoms with Crippen molar-refractivity contribution in [1.82, 2.24) is 24.6 Å². The molecule has 7 nitrogen and oxygen atoms in total. The fourth-order valence-electron chi connectivity index (χ4n) is 2.79. The molecule has 3 rings (SSSR count). The van der Waals surface area contributed by atoms with Crippen LogP contribution in [0.25, 0.3) is 5.78 Å². The number of rotatable bonds is 3. The number of nitrogens with one attached hydrogen (secondary N) is 1. The smallest absolute Gasteiger partial charge is 0.271 e. The van der Waals surface area contributed by atoms with Gasteiger partial charge in [-0.3, -0.25) is 14.0 Å². The minimum atomic E-state index is -0.272. The van der Waals surface area contributed by atoms with E-state index >= 15 is 0 Å². The quantitative estimate of drug-likeness (QED) is 0.920. The minimum absolute atomic E-state index is 0.0435. The van der Waals surface area contributed by atoms with Gasteiger partial charge in [-0.15, -0.1) is 0 Å². The molecule has 0 unspecified atom stereocenters. The predicted octanol–water partition coefficient (Wildman–Crippen LogP) is 1.11. The molecule has 1 N–H and O–H groups in total. The number of imidazole rings is 1. The summed E-state index contributed by atoms with van der Waals surface area (Å²) in [6.07, 6.45) is 5.40. The number of carbonyl (C=O) groups is 2. The third kappa shape index (κ3) is 3.49. The summed E-state index contributed by atoms with van der Waals surface area (Å²) in [6.45, 7) is 7.52. The van der Waals surface area contributed by atoms with E-state index < -0.39 is 0 Å². The van der Waals surface area contributed by atoms with Crippen LogP contribution in [0, 0.1) is 5.41 Å². The number of aromatic nitrogens is 3. The number of hydrogen-bond donors (Lipinski definition) is 1. The lowest BCUT2D eigenvalue weighted by Gasteiger charge is -2.26. The van der Waals surface area contributed by atoms with Crippen molar-refractivity contribution in [2.24, 2.45) is 5.41 Å². The molecule has 2 aromatic rings. The lowest BCUT2D eigenvalue weighted by atomic mass is 9.96. The van der Waals surface area contributed by atoms with Gasteiger partial charge in [0.1, 0.15) is 5.69 Å². The van der Waals surface area contributed by atoms with Crippen molar-refractivity contribution < 1.29 is 9.59 Å². The van der Waals surface area contributed by atoms with Crippen LogP contribution in [-0.4, -0.2) is 50.2 Å². The van der Waals surface area contributed by atoms with Crippen LogP contribution in [0.15, 0.2) is 24.7 Å². The highest BCUT2D eigenvalue weighted by Crippen LogP contribution is 2.20. The average molecular weight is 315 g/mol. The lowest BCUT2D eigenvalue weighted by Crippen LogP contribution is -2.39. The molecule has 7 heteroatoms. The summed E-state index contributed by atoms with van der Waals surface area (Å²) >= 11 is 0. The molecule has 0 aliphatic carbocycles. The molecule has 0 bridgehead atoms. The first-order valence-electron chi connectivity index (χ1n) is 7.70. The van der Waals surface area contributed by atoms with Gasteiger partial charge in [0, 0.05) is 38.1 Å². The Morgan fingerprint density at radius 2 is 2.22 bits per heavy atom. The fraction of sp³-hybridized carbons (Fsp3) is 0.500. The average Bonchev–Trinajstić information content (AvgIpc) is 3.01. The van der Waals surface area contributed by atoms with E-state index in [2.05, 4.69) is 36.1 Å². The Morgan fingerprint density at radius 1 is 1.43 bits per heavy atom. The Kier molecular flexibility index (Phi) is 3.79. The summed E-state index contributed by atoms with van der Waals surface area (Å²) in [5.74, 6) is 0.294. The Balaban J connectivity index is 1.65. The number of amides is 2. The van der Waals surface area contributed by atoms with Crippen LogP contribution in [-0.2, 0) is 4.79 Å². The number of fused-ring (bicyclic) bond motifs is 1. The van der Waals surface area contributed by atoms with Crippen molar-refractivity contribution in [2.45, 2.75) is 33.2 Å². The van der Waals surface area contributed by atoms with E-state index in [4.69, 9.17) is 0 Å². The van der Waals surface area contributed by atoms with Gasteiger partial charge in [0.15, 0.2) is 0 Å². The largest absolute Gasteiger partial charge is 0.346 e. The molecule has 1 fully saturated rings. The molecule has 122 valence electrons. The van der Waals surface area contributed by atoms with E-state index in [0.717, 1.165) is 0 Å².